The summed E-state index contributed by atoms with van der Waals surface area (Å²) in [4.78, 5) is 2.31. The van der Waals surface area contributed by atoms with E-state index in [9.17, 15) is 0 Å². The highest BCUT2D eigenvalue weighted by Gasteiger charge is 2.24. The van der Waals surface area contributed by atoms with Crippen molar-refractivity contribution in [1.29, 1.82) is 5.26 Å². The van der Waals surface area contributed by atoms with Crippen molar-refractivity contribution in [1.82, 2.24) is 0 Å². The summed E-state index contributed by atoms with van der Waals surface area (Å²) in [6.07, 6.45) is 2.79. The SMILES string of the molecule is N#CCC1CCCN1c1cccc(OCc2ccccc2Cl)c1. The highest BCUT2D eigenvalue weighted by atomic mass is 35.5. The normalized spacial score (nSPS) is 17.0. The van der Waals surface area contributed by atoms with Gasteiger partial charge in [-0.25, -0.2) is 0 Å². The van der Waals surface area contributed by atoms with Crippen LogP contribution in [-0.2, 0) is 6.61 Å². The van der Waals surface area contributed by atoms with Crippen molar-refractivity contribution in [3.8, 4) is 11.8 Å². The van der Waals surface area contributed by atoms with E-state index in [2.05, 4.69) is 17.0 Å². The summed E-state index contributed by atoms with van der Waals surface area (Å²) in [7, 11) is 0. The van der Waals surface area contributed by atoms with E-state index < -0.39 is 0 Å². The lowest BCUT2D eigenvalue weighted by molar-refractivity contribution is 0.306. The summed E-state index contributed by atoms with van der Waals surface area (Å²) in [5.41, 5.74) is 2.10. The molecule has 0 saturated carbocycles. The molecule has 3 rings (SSSR count). The van der Waals surface area contributed by atoms with Crippen LogP contribution in [0.25, 0.3) is 0 Å². The van der Waals surface area contributed by atoms with Gasteiger partial charge in [0.25, 0.3) is 0 Å². The first-order valence-electron chi connectivity index (χ1n) is 7.88. The summed E-state index contributed by atoms with van der Waals surface area (Å²) >= 11 is 6.16. The Morgan fingerprint density at radius 3 is 2.91 bits per heavy atom. The highest BCUT2D eigenvalue weighted by molar-refractivity contribution is 6.31. The number of rotatable bonds is 5. The molecule has 0 radical (unpaired) electrons. The predicted octanol–water partition coefficient (Wildman–Crippen LogP) is 4.80. The van der Waals surface area contributed by atoms with Crippen LogP contribution in [0, 0.1) is 11.3 Å². The van der Waals surface area contributed by atoms with Gasteiger partial charge < -0.3 is 9.64 Å². The molecule has 1 unspecified atom stereocenters. The van der Waals surface area contributed by atoms with Crippen molar-refractivity contribution in [3.63, 3.8) is 0 Å². The van der Waals surface area contributed by atoms with Gasteiger partial charge >= 0.3 is 0 Å². The van der Waals surface area contributed by atoms with E-state index in [1.54, 1.807) is 0 Å². The van der Waals surface area contributed by atoms with Gasteiger partial charge in [-0.05, 0) is 31.0 Å². The maximum Gasteiger partial charge on any atom is 0.121 e. The Labute approximate surface area is 142 Å². The number of nitrogens with zero attached hydrogens (tertiary/aromatic N) is 2. The molecule has 0 bridgehead atoms. The van der Waals surface area contributed by atoms with Gasteiger partial charge in [0.15, 0.2) is 0 Å². The molecule has 118 valence electrons. The average Bonchev–Trinajstić information content (AvgIpc) is 3.03. The number of hydrogen-bond acceptors (Lipinski definition) is 3. The van der Waals surface area contributed by atoms with Crippen LogP contribution in [-0.4, -0.2) is 12.6 Å². The summed E-state index contributed by atoms with van der Waals surface area (Å²) in [5.74, 6) is 0.824. The zero-order valence-corrected chi connectivity index (χ0v) is 13.7. The molecule has 0 amide bonds. The molecule has 4 heteroatoms. The predicted molar refractivity (Wildman–Crippen MR) is 92.8 cm³/mol. The zero-order chi connectivity index (χ0) is 16.1. The van der Waals surface area contributed by atoms with Crippen molar-refractivity contribution < 1.29 is 4.74 Å². The number of halogens is 1. The van der Waals surface area contributed by atoms with Gasteiger partial charge in [-0.2, -0.15) is 5.26 Å². The van der Waals surface area contributed by atoms with Crippen molar-refractivity contribution in [2.45, 2.75) is 31.9 Å². The van der Waals surface area contributed by atoms with Crippen LogP contribution < -0.4 is 9.64 Å². The largest absolute Gasteiger partial charge is 0.489 e. The summed E-state index contributed by atoms with van der Waals surface area (Å²) in [5, 5.41) is 9.69. The third-order valence-corrected chi connectivity index (χ3v) is 4.57. The van der Waals surface area contributed by atoms with Gasteiger partial charge in [0.05, 0.1) is 12.5 Å². The van der Waals surface area contributed by atoms with Crippen molar-refractivity contribution in [3.05, 3.63) is 59.1 Å². The third kappa shape index (κ3) is 3.78. The summed E-state index contributed by atoms with van der Waals surface area (Å²) < 4.78 is 5.89. The minimum atomic E-state index is 0.318. The third-order valence-electron chi connectivity index (χ3n) is 4.21. The Morgan fingerprint density at radius 1 is 1.22 bits per heavy atom. The second kappa shape index (κ2) is 7.39. The maximum atomic E-state index is 8.97. The maximum absolute atomic E-state index is 8.97. The number of benzene rings is 2. The van der Waals surface area contributed by atoms with Crippen LogP contribution in [0.3, 0.4) is 0 Å². The molecule has 3 nitrogen and oxygen atoms in total. The first kappa shape index (κ1) is 15.7. The Morgan fingerprint density at radius 2 is 2.09 bits per heavy atom. The van der Waals surface area contributed by atoms with E-state index in [1.807, 2.05) is 42.5 Å². The minimum Gasteiger partial charge on any atom is -0.489 e. The van der Waals surface area contributed by atoms with Gasteiger partial charge in [-0.1, -0.05) is 35.9 Å². The molecule has 2 aromatic rings. The van der Waals surface area contributed by atoms with Gasteiger partial charge in [-0.3, -0.25) is 0 Å². The van der Waals surface area contributed by atoms with E-state index in [1.165, 1.54) is 0 Å². The average molecular weight is 327 g/mol. The topological polar surface area (TPSA) is 36.3 Å². The van der Waals surface area contributed by atoms with Gasteiger partial charge in [0.2, 0.25) is 0 Å². The molecule has 0 N–H and O–H groups in total. The fourth-order valence-electron chi connectivity index (χ4n) is 3.02. The van der Waals surface area contributed by atoms with E-state index in [-0.39, 0.29) is 0 Å². The van der Waals surface area contributed by atoms with Crippen LogP contribution in [0.15, 0.2) is 48.5 Å². The van der Waals surface area contributed by atoms with E-state index in [0.717, 1.165) is 41.4 Å². The monoisotopic (exact) mass is 326 g/mol. The van der Waals surface area contributed by atoms with E-state index in [0.29, 0.717) is 19.1 Å². The smallest absolute Gasteiger partial charge is 0.121 e. The van der Waals surface area contributed by atoms with Crippen molar-refractivity contribution in [2.24, 2.45) is 0 Å². The Hall–Kier alpha value is -2.18. The van der Waals surface area contributed by atoms with Gasteiger partial charge in [-0.15, -0.1) is 0 Å². The zero-order valence-electron chi connectivity index (χ0n) is 12.9. The van der Waals surface area contributed by atoms with Gasteiger partial charge in [0.1, 0.15) is 12.4 Å². The molecule has 0 spiro atoms. The lowest BCUT2D eigenvalue weighted by Gasteiger charge is -2.25. The number of ether oxygens (including phenoxy) is 1. The Bertz CT molecular complexity index is 711. The molecule has 1 heterocycles. The van der Waals surface area contributed by atoms with Crippen LogP contribution in [0.4, 0.5) is 5.69 Å². The van der Waals surface area contributed by atoms with Crippen LogP contribution in [0.1, 0.15) is 24.8 Å². The fourth-order valence-corrected chi connectivity index (χ4v) is 3.21. The second-order valence-corrected chi connectivity index (χ2v) is 6.14. The number of nitriles is 1. The molecule has 1 fully saturated rings. The van der Waals surface area contributed by atoms with Crippen LogP contribution >= 0.6 is 11.6 Å². The van der Waals surface area contributed by atoms with Crippen LogP contribution in [0.5, 0.6) is 5.75 Å². The van der Waals surface area contributed by atoms with E-state index >= 15 is 0 Å². The lowest BCUT2D eigenvalue weighted by Crippen LogP contribution is -2.28. The Balaban J connectivity index is 1.70. The molecule has 1 aliphatic rings. The molecule has 1 atom stereocenters. The van der Waals surface area contributed by atoms with Gasteiger partial charge in [0, 0.05) is 34.9 Å². The standard InChI is InChI=1S/C19H19ClN2O/c20-19-9-2-1-5-15(19)14-23-18-8-3-6-17(13-18)22-12-4-7-16(22)10-11-21/h1-3,5-6,8-9,13,16H,4,7,10,12,14H2. The van der Waals surface area contributed by atoms with E-state index in [4.69, 9.17) is 21.6 Å². The second-order valence-electron chi connectivity index (χ2n) is 5.73. The molecule has 2 aromatic carbocycles. The molecule has 1 aliphatic heterocycles. The van der Waals surface area contributed by atoms with Crippen LogP contribution in [0.2, 0.25) is 5.02 Å². The molecule has 23 heavy (non-hydrogen) atoms. The van der Waals surface area contributed by atoms with Crippen molar-refractivity contribution in [2.75, 3.05) is 11.4 Å². The molecule has 1 saturated heterocycles. The molecular weight excluding hydrogens is 308 g/mol. The van der Waals surface area contributed by atoms with Crippen molar-refractivity contribution >= 4 is 17.3 Å². The first-order chi connectivity index (χ1) is 11.3. The lowest BCUT2D eigenvalue weighted by atomic mass is 10.1. The number of hydrogen-bond donors (Lipinski definition) is 0. The minimum absolute atomic E-state index is 0.318. The quantitative estimate of drug-likeness (QED) is 0.791. The molecule has 0 aliphatic carbocycles. The fraction of sp³-hybridized carbons (Fsp3) is 0.316. The highest BCUT2D eigenvalue weighted by Crippen LogP contribution is 2.30. The summed E-state index contributed by atoms with van der Waals surface area (Å²) in [6.45, 7) is 1.45. The first-order valence-corrected chi connectivity index (χ1v) is 8.25. The Kier molecular flexibility index (Phi) is 5.05. The molecule has 0 aromatic heterocycles. The number of anilines is 1. The summed E-state index contributed by atoms with van der Waals surface area (Å²) in [6, 6.07) is 18.4. The molecular formula is C19H19ClN2O.